The number of hydrogen-bond donors (Lipinski definition) is 2. The molecule has 1 aromatic carbocycles. The Balaban J connectivity index is 1.98. The van der Waals surface area contributed by atoms with Crippen LogP contribution in [-0.2, 0) is 13.1 Å². The number of aromatic nitrogens is 1. The van der Waals surface area contributed by atoms with Gasteiger partial charge in [-0.3, -0.25) is 0 Å². The van der Waals surface area contributed by atoms with E-state index in [-0.39, 0.29) is 0 Å². The Bertz CT molecular complexity index is 796. The van der Waals surface area contributed by atoms with Crippen molar-refractivity contribution in [2.24, 2.45) is 11.8 Å². The quantitative estimate of drug-likeness (QED) is 0.809. The van der Waals surface area contributed by atoms with E-state index in [0.717, 1.165) is 28.6 Å². The van der Waals surface area contributed by atoms with Crippen LogP contribution in [0.2, 0.25) is 0 Å². The van der Waals surface area contributed by atoms with Crippen LogP contribution in [-0.4, -0.2) is 28.8 Å². The summed E-state index contributed by atoms with van der Waals surface area (Å²) in [5, 5.41) is 14.5. The number of carboxylic acid groups (broad SMARTS) is 1. The number of methoxy groups -OCH3 is 1. The minimum atomic E-state index is -0.871. The van der Waals surface area contributed by atoms with E-state index >= 15 is 0 Å². The van der Waals surface area contributed by atoms with E-state index in [0.29, 0.717) is 36.7 Å². The highest BCUT2D eigenvalue weighted by Gasteiger charge is 2.28. The lowest BCUT2D eigenvalue weighted by atomic mass is 9.78. The van der Waals surface area contributed by atoms with Crippen LogP contribution in [0.15, 0.2) is 18.2 Å². The second-order valence-electron chi connectivity index (χ2n) is 7.51. The molecule has 26 heavy (non-hydrogen) atoms. The number of rotatable bonds is 6. The Morgan fingerprint density at radius 3 is 2.77 bits per heavy atom. The van der Waals surface area contributed by atoms with Crippen LogP contribution in [0.4, 0.5) is 0 Å². The number of nitrogens with one attached hydrogen (secondary N) is 1. The molecule has 0 unspecified atom stereocenters. The first-order valence-electron chi connectivity index (χ1n) is 9.63. The molecule has 2 aromatic rings. The van der Waals surface area contributed by atoms with Crippen molar-refractivity contribution in [2.75, 3.05) is 7.11 Å². The van der Waals surface area contributed by atoms with E-state index in [1.165, 1.54) is 12.8 Å². The molecule has 0 saturated heterocycles. The molecule has 5 heteroatoms. The van der Waals surface area contributed by atoms with E-state index in [4.69, 9.17) is 4.74 Å². The van der Waals surface area contributed by atoms with Gasteiger partial charge in [0.15, 0.2) is 0 Å². The fourth-order valence-electron chi connectivity index (χ4n) is 4.38. The van der Waals surface area contributed by atoms with Gasteiger partial charge in [0, 0.05) is 36.1 Å². The Morgan fingerprint density at radius 2 is 2.12 bits per heavy atom. The molecule has 1 heterocycles. The lowest BCUT2D eigenvalue weighted by Crippen LogP contribution is -2.40. The van der Waals surface area contributed by atoms with Crippen LogP contribution in [0.25, 0.3) is 10.9 Å². The number of aromatic carboxylic acids is 1. The minimum Gasteiger partial charge on any atom is -0.497 e. The number of nitrogens with zero attached hydrogens (tertiary/aromatic N) is 1. The summed E-state index contributed by atoms with van der Waals surface area (Å²) in [4.78, 5) is 12.0. The van der Waals surface area contributed by atoms with Gasteiger partial charge in [-0.1, -0.05) is 26.7 Å². The molecule has 0 amide bonds. The standard InChI is InChI=1S/C21H30N2O3/c1-5-23-19-11-15(26-4)9-10-16(19)17(20(23)21(24)25)12-22-18-8-6-7-13(2)14(18)3/h9-11,13-14,18,22H,5-8,12H2,1-4H3,(H,24,25)/t13-,14+,18+/m0/s1. The third kappa shape index (κ3) is 3.32. The molecular formula is C21H30N2O3. The number of carbonyl (C=O) groups is 1. The van der Waals surface area contributed by atoms with Gasteiger partial charge < -0.3 is 19.7 Å². The number of carboxylic acids is 1. The molecule has 1 aliphatic rings. The molecule has 1 fully saturated rings. The third-order valence-corrected chi connectivity index (χ3v) is 6.14. The van der Waals surface area contributed by atoms with Crippen LogP contribution in [0.1, 0.15) is 56.1 Å². The molecule has 1 aliphatic carbocycles. The van der Waals surface area contributed by atoms with E-state index in [9.17, 15) is 9.90 Å². The van der Waals surface area contributed by atoms with Gasteiger partial charge in [-0.15, -0.1) is 0 Å². The predicted molar refractivity (Wildman–Crippen MR) is 104 cm³/mol. The second kappa shape index (κ2) is 7.70. The maximum absolute atomic E-state index is 12.0. The molecule has 142 valence electrons. The summed E-state index contributed by atoms with van der Waals surface area (Å²) in [6.45, 7) is 7.80. The summed E-state index contributed by atoms with van der Waals surface area (Å²) in [5.74, 6) is 1.19. The van der Waals surface area contributed by atoms with Crippen LogP contribution < -0.4 is 10.1 Å². The number of ether oxygens (including phenoxy) is 1. The Kier molecular flexibility index (Phi) is 5.56. The summed E-state index contributed by atoms with van der Waals surface area (Å²) in [6.07, 6.45) is 3.69. The van der Waals surface area contributed by atoms with Crippen molar-refractivity contribution in [1.29, 1.82) is 0 Å². The van der Waals surface area contributed by atoms with Crippen molar-refractivity contribution in [2.45, 2.75) is 59.2 Å². The monoisotopic (exact) mass is 358 g/mol. The van der Waals surface area contributed by atoms with Gasteiger partial charge in [-0.05, 0) is 37.3 Å². The maximum Gasteiger partial charge on any atom is 0.352 e. The topological polar surface area (TPSA) is 63.5 Å². The Labute approximate surface area is 155 Å². The van der Waals surface area contributed by atoms with Gasteiger partial charge in [-0.2, -0.15) is 0 Å². The molecule has 3 atom stereocenters. The molecule has 2 N–H and O–H groups in total. The predicted octanol–water partition coefficient (Wildman–Crippen LogP) is 4.28. The normalized spacial score (nSPS) is 23.3. The highest BCUT2D eigenvalue weighted by molar-refractivity contribution is 5.98. The molecule has 1 saturated carbocycles. The summed E-state index contributed by atoms with van der Waals surface area (Å²) >= 11 is 0. The zero-order valence-corrected chi connectivity index (χ0v) is 16.2. The molecule has 3 rings (SSSR count). The van der Waals surface area contributed by atoms with Crippen LogP contribution in [0.3, 0.4) is 0 Å². The van der Waals surface area contributed by atoms with Crippen molar-refractivity contribution in [1.82, 2.24) is 9.88 Å². The SMILES string of the molecule is CCn1c(C(=O)O)c(CN[C@@H]2CCC[C@H](C)[C@H]2C)c2ccc(OC)cc21. The first kappa shape index (κ1) is 18.8. The molecule has 0 bridgehead atoms. The zero-order valence-electron chi connectivity index (χ0n) is 16.2. The number of hydrogen-bond acceptors (Lipinski definition) is 3. The van der Waals surface area contributed by atoms with Gasteiger partial charge in [0.1, 0.15) is 11.4 Å². The van der Waals surface area contributed by atoms with Crippen molar-refractivity contribution in [3.8, 4) is 5.75 Å². The summed E-state index contributed by atoms with van der Waals surface area (Å²) < 4.78 is 7.22. The Morgan fingerprint density at radius 1 is 1.35 bits per heavy atom. The molecule has 5 nitrogen and oxygen atoms in total. The van der Waals surface area contributed by atoms with Gasteiger partial charge in [0.2, 0.25) is 0 Å². The highest BCUT2D eigenvalue weighted by atomic mass is 16.5. The van der Waals surface area contributed by atoms with E-state index in [1.54, 1.807) is 7.11 Å². The number of fused-ring (bicyclic) bond motifs is 1. The summed E-state index contributed by atoms with van der Waals surface area (Å²) in [7, 11) is 1.63. The number of aryl methyl sites for hydroxylation is 1. The van der Waals surface area contributed by atoms with Crippen LogP contribution >= 0.6 is 0 Å². The van der Waals surface area contributed by atoms with Gasteiger partial charge in [0.25, 0.3) is 0 Å². The maximum atomic E-state index is 12.0. The fraction of sp³-hybridized carbons (Fsp3) is 0.571. The smallest absolute Gasteiger partial charge is 0.352 e. The lowest BCUT2D eigenvalue weighted by molar-refractivity contribution is 0.0684. The van der Waals surface area contributed by atoms with E-state index in [2.05, 4.69) is 19.2 Å². The van der Waals surface area contributed by atoms with Crippen molar-refractivity contribution < 1.29 is 14.6 Å². The first-order valence-corrected chi connectivity index (χ1v) is 9.63. The first-order chi connectivity index (χ1) is 12.5. The molecule has 0 aliphatic heterocycles. The van der Waals surface area contributed by atoms with Crippen molar-refractivity contribution in [3.63, 3.8) is 0 Å². The molecule has 1 aromatic heterocycles. The average Bonchev–Trinajstić information content (AvgIpc) is 2.95. The van der Waals surface area contributed by atoms with Gasteiger partial charge in [-0.25, -0.2) is 4.79 Å². The lowest BCUT2D eigenvalue weighted by Gasteiger charge is -2.34. The van der Waals surface area contributed by atoms with Crippen LogP contribution in [0.5, 0.6) is 5.75 Å². The molecular weight excluding hydrogens is 328 g/mol. The van der Waals surface area contributed by atoms with Crippen molar-refractivity contribution >= 4 is 16.9 Å². The fourth-order valence-corrected chi connectivity index (χ4v) is 4.38. The Hall–Kier alpha value is -2.01. The van der Waals surface area contributed by atoms with Gasteiger partial charge in [0.05, 0.1) is 12.6 Å². The third-order valence-electron chi connectivity index (χ3n) is 6.14. The largest absolute Gasteiger partial charge is 0.497 e. The number of benzene rings is 1. The summed E-state index contributed by atoms with van der Waals surface area (Å²) in [6, 6.07) is 6.26. The molecule has 0 spiro atoms. The van der Waals surface area contributed by atoms with E-state index < -0.39 is 5.97 Å². The zero-order chi connectivity index (χ0) is 18.8. The van der Waals surface area contributed by atoms with Crippen molar-refractivity contribution in [3.05, 3.63) is 29.5 Å². The molecule has 0 radical (unpaired) electrons. The van der Waals surface area contributed by atoms with E-state index in [1.807, 2.05) is 29.7 Å². The highest BCUT2D eigenvalue weighted by Crippen LogP contribution is 2.32. The second-order valence-corrected chi connectivity index (χ2v) is 7.51. The average molecular weight is 358 g/mol. The minimum absolute atomic E-state index is 0.389. The summed E-state index contributed by atoms with van der Waals surface area (Å²) in [5.41, 5.74) is 2.19. The van der Waals surface area contributed by atoms with Gasteiger partial charge >= 0.3 is 5.97 Å². The van der Waals surface area contributed by atoms with Crippen LogP contribution in [0, 0.1) is 11.8 Å².